The number of aryl methyl sites for hydroxylation is 1. The summed E-state index contributed by atoms with van der Waals surface area (Å²) >= 11 is 0. The zero-order valence-corrected chi connectivity index (χ0v) is 11.6. The summed E-state index contributed by atoms with van der Waals surface area (Å²) in [4.78, 5) is 23.2. The van der Waals surface area contributed by atoms with E-state index in [1.807, 2.05) is 26.8 Å². The van der Waals surface area contributed by atoms with Gasteiger partial charge in [-0.05, 0) is 51.3 Å². The van der Waals surface area contributed by atoms with Gasteiger partial charge in [-0.15, -0.1) is 0 Å². The van der Waals surface area contributed by atoms with Crippen molar-refractivity contribution in [3.05, 3.63) is 34.4 Å². The maximum absolute atomic E-state index is 12.2. The van der Waals surface area contributed by atoms with Crippen molar-refractivity contribution in [3.8, 4) is 0 Å². The first kappa shape index (κ1) is 14.4. The van der Waals surface area contributed by atoms with Gasteiger partial charge in [-0.3, -0.25) is 9.59 Å². The molecule has 0 aromatic heterocycles. The summed E-state index contributed by atoms with van der Waals surface area (Å²) in [5.74, 6) is -1.06. The fraction of sp³-hybridized carbons (Fsp3) is 0.467. The summed E-state index contributed by atoms with van der Waals surface area (Å²) in [5, 5.41) is 9.05. The van der Waals surface area contributed by atoms with Crippen molar-refractivity contribution in [1.82, 2.24) is 0 Å². The molecular weight excluding hydrogens is 228 g/mol. The monoisotopic (exact) mass is 248 g/mol. The lowest BCUT2D eigenvalue weighted by Gasteiger charge is -2.19. The Morgan fingerprint density at radius 1 is 1.11 bits per heavy atom. The van der Waals surface area contributed by atoms with Gasteiger partial charge in [0.1, 0.15) is 0 Å². The molecule has 0 amide bonds. The third-order valence-corrected chi connectivity index (χ3v) is 3.54. The Bertz CT molecular complexity index is 499. The standard InChI is InChI=1S/C15H20O3/c1-9-6-7-12(11(3)10(9)2)13(16)8-15(4,5)14(17)18/h6-7H,8H2,1-5H3,(H,17,18). The summed E-state index contributed by atoms with van der Waals surface area (Å²) in [6, 6.07) is 3.70. The van der Waals surface area contributed by atoms with Gasteiger partial charge in [0.15, 0.2) is 5.78 Å². The van der Waals surface area contributed by atoms with E-state index in [1.54, 1.807) is 19.9 Å². The Morgan fingerprint density at radius 3 is 2.17 bits per heavy atom. The van der Waals surface area contributed by atoms with Crippen LogP contribution in [0.4, 0.5) is 0 Å². The normalized spacial score (nSPS) is 11.4. The Hall–Kier alpha value is -1.64. The molecule has 0 radical (unpaired) electrons. The molecular formula is C15H20O3. The molecule has 98 valence electrons. The smallest absolute Gasteiger partial charge is 0.309 e. The van der Waals surface area contributed by atoms with E-state index in [9.17, 15) is 9.59 Å². The van der Waals surface area contributed by atoms with Gasteiger partial charge in [0.25, 0.3) is 0 Å². The summed E-state index contributed by atoms with van der Waals surface area (Å²) in [6.45, 7) is 9.03. The van der Waals surface area contributed by atoms with Crippen LogP contribution in [0, 0.1) is 26.2 Å². The minimum Gasteiger partial charge on any atom is -0.481 e. The molecule has 0 aliphatic heterocycles. The number of carboxylic acid groups (broad SMARTS) is 1. The fourth-order valence-electron chi connectivity index (χ4n) is 1.83. The van der Waals surface area contributed by atoms with E-state index in [0.29, 0.717) is 5.56 Å². The average molecular weight is 248 g/mol. The van der Waals surface area contributed by atoms with Gasteiger partial charge >= 0.3 is 5.97 Å². The van der Waals surface area contributed by atoms with E-state index in [2.05, 4.69) is 0 Å². The average Bonchev–Trinajstić information content (AvgIpc) is 2.25. The lowest BCUT2D eigenvalue weighted by atomic mass is 9.84. The molecule has 3 nitrogen and oxygen atoms in total. The van der Waals surface area contributed by atoms with Gasteiger partial charge < -0.3 is 5.11 Å². The highest BCUT2D eigenvalue weighted by Crippen LogP contribution is 2.26. The van der Waals surface area contributed by atoms with Crippen LogP contribution < -0.4 is 0 Å². The third kappa shape index (κ3) is 2.78. The van der Waals surface area contributed by atoms with Crippen LogP contribution >= 0.6 is 0 Å². The Morgan fingerprint density at radius 2 is 1.67 bits per heavy atom. The number of hydrogen-bond acceptors (Lipinski definition) is 2. The van der Waals surface area contributed by atoms with E-state index in [1.165, 1.54) is 0 Å². The Labute approximate surface area is 108 Å². The number of aliphatic carboxylic acids is 1. The quantitative estimate of drug-likeness (QED) is 0.832. The number of rotatable bonds is 4. The molecule has 0 aliphatic carbocycles. The van der Waals surface area contributed by atoms with Crippen molar-refractivity contribution in [2.75, 3.05) is 0 Å². The Balaban J connectivity index is 3.07. The number of carboxylic acids is 1. The maximum atomic E-state index is 12.2. The van der Waals surface area contributed by atoms with Gasteiger partial charge in [-0.1, -0.05) is 12.1 Å². The first-order valence-corrected chi connectivity index (χ1v) is 6.00. The SMILES string of the molecule is Cc1ccc(C(=O)CC(C)(C)C(=O)O)c(C)c1C. The van der Waals surface area contributed by atoms with Crippen molar-refractivity contribution < 1.29 is 14.7 Å². The third-order valence-electron chi connectivity index (χ3n) is 3.54. The molecule has 1 rings (SSSR count). The van der Waals surface area contributed by atoms with E-state index < -0.39 is 11.4 Å². The van der Waals surface area contributed by atoms with Crippen molar-refractivity contribution in [3.63, 3.8) is 0 Å². The minimum absolute atomic E-state index is 0.0195. The number of ketones is 1. The first-order chi connectivity index (χ1) is 8.16. The van der Waals surface area contributed by atoms with Crippen molar-refractivity contribution in [2.45, 2.75) is 41.0 Å². The summed E-state index contributed by atoms with van der Waals surface area (Å²) in [6.07, 6.45) is 0.0195. The van der Waals surface area contributed by atoms with Gasteiger partial charge in [0, 0.05) is 12.0 Å². The van der Waals surface area contributed by atoms with Crippen molar-refractivity contribution >= 4 is 11.8 Å². The molecule has 18 heavy (non-hydrogen) atoms. The largest absolute Gasteiger partial charge is 0.481 e. The Kier molecular flexibility index (Phi) is 3.95. The van der Waals surface area contributed by atoms with Crippen molar-refractivity contribution in [2.24, 2.45) is 5.41 Å². The van der Waals surface area contributed by atoms with Crippen LogP contribution in [0.5, 0.6) is 0 Å². The van der Waals surface area contributed by atoms with E-state index in [-0.39, 0.29) is 12.2 Å². The van der Waals surface area contributed by atoms with Crippen LogP contribution in [0.25, 0.3) is 0 Å². The molecule has 0 aliphatic rings. The summed E-state index contributed by atoms with van der Waals surface area (Å²) in [7, 11) is 0. The van der Waals surface area contributed by atoms with Crippen LogP contribution in [0.2, 0.25) is 0 Å². The maximum Gasteiger partial charge on any atom is 0.309 e. The molecule has 0 saturated carbocycles. The van der Waals surface area contributed by atoms with Crippen LogP contribution in [-0.2, 0) is 4.79 Å². The zero-order valence-electron chi connectivity index (χ0n) is 11.6. The van der Waals surface area contributed by atoms with Crippen LogP contribution in [0.15, 0.2) is 12.1 Å². The molecule has 0 unspecified atom stereocenters. The van der Waals surface area contributed by atoms with Gasteiger partial charge in [0.05, 0.1) is 5.41 Å². The second-order valence-electron chi connectivity index (χ2n) is 5.47. The van der Waals surface area contributed by atoms with Gasteiger partial charge in [-0.2, -0.15) is 0 Å². The fourth-order valence-corrected chi connectivity index (χ4v) is 1.83. The van der Waals surface area contributed by atoms with E-state index in [4.69, 9.17) is 5.11 Å². The number of hydrogen-bond donors (Lipinski definition) is 1. The molecule has 0 fully saturated rings. The summed E-state index contributed by atoms with van der Waals surface area (Å²) < 4.78 is 0. The number of benzene rings is 1. The lowest BCUT2D eigenvalue weighted by molar-refractivity contribution is -0.146. The molecule has 3 heteroatoms. The highest BCUT2D eigenvalue weighted by molar-refractivity contribution is 6.00. The van der Waals surface area contributed by atoms with E-state index in [0.717, 1.165) is 16.7 Å². The first-order valence-electron chi connectivity index (χ1n) is 6.00. The molecule has 0 atom stereocenters. The van der Waals surface area contributed by atoms with Gasteiger partial charge in [0.2, 0.25) is 0 Å². The molecule has 1 N–H and O–H groups in total. The topological polar surface area (TPSA) is 54.4 Å². The molecule has 0 heterocycles. The summed E-state index contributed by atoms with van der Waals surface area (Å²) in [5.41, 5.74) is 2.78. The van der Waals surface area contributed by atoms with E-state index >= 15 is 0 Å². The number of Topliss-reactive ketones (excluding diaryl/α,β-unsaturated/α-hetero) is 1. The molecule has 0 bridgehead atoms. The zero-order chi connectivity index (χ0) is 14.1. The predicted octanol–water partition coefficient (Wildman–Crippen LogP) is 3.30. The molecule has 0 spiro atoms. The molecule has 1 aromatic carbocycles. The van der Waals surface area contributed by atoms with Crippen molar-refractivity contribution in [1.29, 1.82) is 0 Å². The molecule has 1 aromatic rings. The van der Waals surface area contributed by atoms with Crippen LogP contribution in [-0.4, -0.2) is 16.9 Å². The van der Waals surface area contributed by atoms with Gasteiger partial charge in [-0.25, -0.2) is 0 Å². The number of carbonyl (C=O) groups is 2. The highest BCUT2D eigenvalue weighted by Gasteiger charge is 2.31. The molecule has 0 saturated heterocycles. The number of carbonyl (C=O) groups excluding carboxylic acids is 1. The van der Waals surface area contributed by atoms with Crippen LogP contribution in [0.1, 0.15) is 47.3 Å². The second-order valence-corrected chi connectivity index (χ2v) is 5.47. The predicted molar refractivity (Wildman–Crippen MR) is 71.0 cm³/mol. The minimum atomic E-state index is -1.03. The lowest BCUT2D eigenvalue weighted by Crippen LogP contribution is -2.27. The van der Waals surface area contributed by atoms with Crippen LogP contribution in [0.3, 0.4) is 0 Å². The second kappa shape index (κ2) is 4.92. The highest BCUT2D eigenvalue weighted by atomic mass is 16.4.